The Morgan fingerprint density at radius 3 is 2.85 bits per heavy atom. The molecule has 0 spiro atoms. The van der Waals surface area contributed by atoms with Crippen LogP contribution in [0.2, 0.25) is 0 Å². The third-order valence-corrected chi connectivity index (χ3v) is 5.23. The Morgan fingerprint density at radius 1 is 1.30 bits per heavy atom. The Bertz CT molecular complexity index is 1020. The molecule has 0 radical (unpaired) electrons. The van der Waals surface area contributed by atoms with Crippen LogP contribution >= 0.6 is 15.9 Å². The van der Waals surface area contributed by atoms with Crippen molar-refractivity contribution in [2.75, 3.05) is 12.4 Å². The largest absolute Gasteiger partial charge is 0.495 e. The molecule has 1 aliphatic rings. The SMILES string of the molecule is COc1cc(Br)ccc1Nc1ncc2c(n1)-c1c(c(C(O)O)cn1C)CC2. The van der Waals surface area contributed by atoms with E-state index in [0.717, 1.165) is 45.5 Å². The third-order valence-electron chi connectivity index (χ3n) is 4.74. The lowest BCUT2D eigenvalue weighted by molar-refractivity contribution is -0.0430. The van der Waals surface area contributed by atoms with Crippen LogP contribution < -0.4 is 10.1 Å². The number of nitrogens with one attached hydrogen (secondary N) is 1. The van der Waals surface area contributed by atoms with Crippen molar-refractivity contribution in [1.82, 2.24) is 14.5 Å². The molecular weight excluding hydrogens is 412 g/mol. The first kappa shape index (κ1) is 18.0. The number of hydrogen-bond donors (Lipinski definition) is 3. The molecule has 27 heavy (non-hydrogen) atoms. The summed E-state index contributed by atoms with van der Waals surface area (Å²) >= 11 is 3.43. The Morgan fingerprint density at radius 2 is 2.11 bits per heavy atom. The van der Waals surface area contributed by atoms with Crippen LogP contribution in [0, 0.1) is 0 Å². The van der Waals surface area contributed by atoms with E-state index in [0.29, 0.717) is 17.3 Å². The molecule has 0 saturated carbocycles. The molecule has 0 bridgehead atoms. The lowest BCUT2D eigenvalue weighted by atomic mass is 9.92. The minimum atomic E-state index is -1.49. The van der Waals surface area contributed by atoms with E-state index in [-0.39, 0.29) is 0 Å². The predicted molar refractivity (Wildman–Crippen MR) is 105 cm³/mol. The van der Waals surface area contributed by atoms with Crippen molar-refractivity contribution < 1.29 is 14.9 Å². The molecule has 0 aliphatic heterocycles. The van der Waals surface area contributed by atoms with E-state index in [1.165, 1.54) is 0 Å². The number of aliphatic hydroxyl groups excluding tert-OH is 1. The monoisotopic (exact) mass is 430 g/mol. The molecule has 0 unspecified atom stereocenters. The van der Waals surface area contributed by atoms with E-state index in [1.54, 1.807) is 13.3 Å². The van der Waals surface area contributed by atoms with Crippen LogP contribution in [0.25, 0.3) is 11.4 Å². The number of rotatable bonds is 4. The van der Waals surface area contributed by atoms with Crippen LogP contribution in [0.1, 0.15) is 23.0 Å². The molecule has 1 aromatic carbocycles. The zero-order valence-corrected chi connectivity index (χ0v) is 16.5. The van der Waals surface area contributed by atoms with Gasteiger partial charge in [0.05, 0.1) is 24.2 Å². The maximum Gasteiger partial charge on any atom is 0.227 e. The van der Waals surface area contributed by atoms with Crippen LogP contribution in [0.4, 0.5) is 11.6 Å². The highest BCUT2D eigenvalue weighted by molar-refractivity contribution is 9.10. The Hall–Kier alpha value is -2.42. The second-order valence-corrected chi connectivity index (χ2v) is 7.35. The molecule has 140 valence electrons. The normalized spacial score (nSPS) is 12.7. The zero-order chi connectivity index (χ0) is 19.1. The molecule has 2 aromatic heterocycles. The molecule has 0 atom stereocenters. The number of aryl methyl sites for hydroxylation is 2. The molecule has 4 rings (SSSR count). The standard InChI is InChI=1S/C19H19BrN4O3/c1-24-9-13(18(25)26)12-5-3-10-8-21-19(23-16(10)17(12)24)22-14-6-4-11(20)7-15(14)27-2/h4,6-9,18,25-26H,3,5H2,1-2H3,(H,21,22,23). The molecule has 0 saturated heterocycles. The molecule has 2 heterocycles. The van der Waals surface area contributed by atoms with E-state index >= 15 is 0 Å². The molecule has 3 N–H and O–H groups in total. The fourth-order valence-corrected chi connectivity index (χ4v) is 3.84. The van der Waals surface area contributed by atoms with Gasteiger partial charge in [-0.3, -0.25) is 0 Å². The number of nitrogens with zero attached hydrogens (tertiary/aromatic N) is 3. The van der Waals surface area contributed by atoms with Crippen LogP contribution in [-0.4, -0.2) is 31.9 Å². The first-order valence-electron chi connectivity index (χ1n) is 8.49. The number of fused-ring (bicyclic) bond motifs is 3. The minimum Gasteiger partial charge on any atom is -0.495 e. The van der Waals surface area contributed by atoms with E-state index in [4.69, 9.17) is 9.72 Å². The number of benzene rings is 1. The van der Waals surface area contributed by atoms with E-state index in [1.807, 2.05) is 36.0 Å². The van der Waals surface area contributed by atoms with E-state index in [2.05, 4.69) is 26.2 Å². The summed E-state index contributed by atoms with van der Waals surface area (Å²) in [6.07, 6.45) is 3.56. The van der Waals surface area contributed by atoms with Gasteiger partial charge in [-0.05, 0) is 42.2 Å². The van der Waals surface area contributed by atoms with Crippen LogP contribution in [-0.2, 0) is 19.9 Å². The Labute approximate surface area is 164 Å². The summed E-state index contributed by atoms with van der Waals surface area (Å²) in [6.45, 7) is 0. The van der Waals surface area contributed by atoms with Gasteiger partial charge in [0.25, 0.3) is 0 Å². The minimum absolute atomic E-state index is 0.453. The summed E-state index contributed by atoms with van der Waals surface area (Å²) in [6, 6.07) is 5.67. The maximum atomic E-state index is 9.65. The molecule has 0 amide bonds. The van der Waals surface area contributed by atoms with E-state index < -0.39 is 6.29 Å². The first-order chi connectivity index (χ1) is 13.0. The average molecular weight is 431 g/mol. The summed E-state index contributed by atoms with van der Waals surface area (Å²) in [5.74, 6) is 1.13. The highest BCUT2D eigenvalue weighted by Crippen LogP contribution is 2.37. The topological polar surface area (TPSA) is 92.4 Å². The summed E-state index contributed by atoms with van der Waals surface area (Å²) < 4.78 is 8.21. The van der Waals surface area contributed by atoms with Gasteiger partial charge in [0.2, 0.25) is 5.95 Å². The van der Waals surface area contributed by atoms with Gasteiger partial charge < -0.3 is 24.8 Å². The smallest absolute Gasteiger partial charge is 0.227 e. The number of aliphatic hydroxyl groups is 2. The quantitative estimate of drug-likeness (QED) is 0.550. The van der Waals surface area contributed by atoms with Gasteiger partial charge in [-0.15, -0.1) is 0 Å². The Balaban J connectivity index is 1.75. The second kappa shape index (κ2) is 6.95. The van der Waals surface area contributed by atoms with E-state index in [9.17, 15) is 10.2 Å². The van der Waals surface area contributed by atoms with Crippen LogP contribution in [0.3, 0.4) is 0 Å². The van der Waals surface area contributed by atoms with Gasteiger partial charge in [-0.25, -0.2) is 9.97 Å². The highest BCUT2D eigenvalue weighted by Gasteiger charge is 2.26. The maximum absolute atomic E-state index is 9.65. The fourth-order valence-electron chi connectivity index (χ4n) is 3.50. The van der Waals surface area contributed by atoms with Crippen molar-refractivity contribution in [1.29, 1.82) is 0 Å². The van der Waals surface area contributed by atoms with Crippen molar-refractivity contribution in [2.24, 2.45) is 7.05 Å². The highest BCUT2D eigenvalue weighted by atomic mass is 79.9. The van der Waals surface area contributed by atoms with Gasteiger partial charge >= 0.3 is 0 Å². The van der Waals surface area contributed by atoms with Gasteiger partial charge in [0.15, 0.2) is 6.29 Å². The summed E-state index contributed by atoms with van der Waals surface area (Å²) in [5, 5.41) is 22.5. The van der Waals surface area contributed by atoms with Crippen molar-refractivity contribution in [2.45, 2.75) is 19.1 Å². The lowest BCUT2D eigenvalue weighted by Crippen LogP contribution is -2.11. The lowest BCUT2D eigenvalue weighted by Gasteiger charge is -2.19. The molecule has 0 fully saturated rings. The van der Waals surface area contributed by atoms with Gasteiger partial charge in [-0.1, -0.05) is 15.9 Å². The molecular formula is C19H19BrN4O3. The number of methoxy groups -OCH3 is 1. The third kappa shape index (κ3) is 3.20. The Kier molecular flexibility index (Phi) is 4.63. The van der Waals surface area contributed by atoms with Crippen LogP contribution in [0.5, 0.6) is 5.75 Å². The van der Waals surface area contributed by atoms with Crippen LogP contribution in [0.15, 0.2) is 35.1 Å². The van der Waals surface area contributed by atoms with Gasteiger partial charge in [-0.2, -0.15) is 0 Å². The molecule has 8 heteroatoms. The summed E-state index contributed by atoms with van der Waals surface area (Å²) in [5.41, 5.74) is 4.95. The molecule has 3 aromatic rings. The van der Waals surface area contributed by atoms with Crippen molar-refractivity contribution in [3.63, 3.8) is 0 Å². The van der Waals surface area contributed by atoms with Crippen molar-refractivity contribution >= 4 is 27.6 Å². The number of aromatic nitrogens is 3. The van der Waals surface area contributed by atoms with Gasteiger partial charge in [0.1, 0.15) is 5.75 Å². The van der Waals surface area contributed by atoms with Gasteiger partial charge in [0, 0.05) is 29.5 Å². The van der Waals surface area contributed by atoms with Crippen molar-refractivity contribution in [3.05, 3.63) is 51.8 Å². The van der Waals surface area contributed by atoms with Crippen molar-refractivity contribution in [3.8, 4) is 17.1 Å². The molecule has 7 nitrogen and oxygen atoms in total. The first-order valence-corrected chi connectivity index (χ1v) is 9.28. The summed E-state index contributed by atoms with van der Waals surface area (Å²) in [7, 11) is 3.49. The number of ether oxygens (including phenoxy) is 1. The predicted octanol–water partition coefficient (Wildman–Crippen LogP) is 3.08. The number of anilines is 2. The average Bonchev–Trinajstić information content (AvgIpc) is 3.00. The summed E-state index contributed by atoms with van der Waals surface area (Å²) in [4.78, 5) is 9.14. The second-order valence-electron chi connectivity index (χ2n) is 6.43. The zero-order valence-electron chi connectivity index (χ0n) is 14.9. The molecule has 1 aliphatic carbocycles. The number of halogens is 1. The number of hydrogen-bond acceptors (Lipinski definition) is 6. The fraction of sp³-hybridized carbons (Fsp3) is 0.263.